The van der Waals surface area contributed by atoms with Gasteiger partial charge in [0, 0.05) is 37.2 Å². The highest BCUT2D eigenvalue weighted by molar-refractivity contribution is 7.26. The van der Waals surface area contributed by atoms with E-state index in [-0.39, 0.29) is 0 Å². The molecular formula is C54H37NS. The lowest BCUT2D eigenvalue weighted by atomic mass is 9.97. The molecule has 0 aliphatic heterocycles. The highest BCUT2D eigenvalue weighted by Gasteiger charge is 2.16. The van der Waals surface area contributed by atoms with Crippen molar-refractivity contribution < 1.29 is 0 Å². The molecule has 0 unspecified atom stereocenters. The van der Waals surface area contributed by atoms with E-state index in [0.29, 0.717) is 0 Å². The van der Waals surface area contributed by atoms with Crippen LogP contribution in [0.5, 0.6) is 0 Å². The molecule has 0 spiro atoms. The largest absolute Gasteiger partial charge is 0.310 e. The molecule has 1 nitrogen and oxygen atoms in total. The first-order chi connectivity index (χ1) is 27.8. The molecule has 9 aromatic carbocycles. The van der Waals surface area contributed by atoms with E-state index in [1.807, 2.05) is 11.3 Å². The third-order valence-electron chi connectivity index (χ3n) is 10.7. The van der Waals surface area contributed by atoms with Gasteiger partial charge in [-0.3, -0.25) is 0 Å². The Kier molecular flexibility index (Phi) is 8.79. The minimum atomic E-state index is 1.10. The standard InChI is InChI=1S/C54H37NS/c1-4-14-38(15-5-1)40-28-32-46(33-29-40)55(48-23-11-21-44(37-48)39-16-6-2-7-17-39)47-34-30-41(31-35-47)43-20-10-22-45(36-43)50-25-13-27-52-51-26-12-24-49(53(51)56-54(50)52)42-18-8-3-9-19-42/h1-37H. The predicted octanol–water partition coefficient (Wildman–Crippen LogP) is 15.9. The lowest BCUT2D eigenvalue weighted by molar-refractivity contribution is 1.28. The fourth-order valence-electron chi connectivity index (χ4n) is 7.90. The fraction of sp³-hybridized carbons (Fsp3) is 0. The smallest absolute Gasteiger partial charge is 0.0467 e. The van der Waals surface area contributed by atoms with Crippen LogP contribution >= 0.6 is 11.3 Å². The lowest BCUT2D eigenvalue weighted by Crippen LogP contribution is -2.10. The number of thiophene rings is 1. The van der Waals surface area contributed by atoms with Crippen LogP contribution in [0.3, 0.4) is 0 Å². The number of fused-ring (bicyclic) bond motifs is 3. The van der Waals surface area contributed by atoms with E-state index in [9.17, 15) is 0 Å². The summed E-state index contributed by atoms with van der Waals surface area (Å²) in [6.45, 7) is 0. The summed E-state index contributed by atoms with van der Waals surface area (Å²) in [6.07, 6.45) is 0. The molecule has 10 rings (SSSR count). The summed E-state index contributed by atoms with van der Waals surface area (Å²) < 4.78 is 2.66. The molecule has 0 saturated carbocycles. The second-order valence-electron chi connectivity index (χ2n) is 14.1. The Morgan fingerprint density at radius 3 is 1.21 bits per heavy atom. The quantitative estimate of drug-likeness (QED) is 0.150. The molecule has 0 aliphatic carbocycles. The first kappa shape index (κ1) is 33.6. The van der Waals surface area contributed by atoms with Gasteiger partial charge in [0.25, 0.3) is 0 Å². The zero-order chi connectivity index (χ0) is 37.3. The molecule has 1 heterocycles. The zero-order valence-corrected chi connectivity index (χ0v) is 31.5. The van der Waals surface area contributed by atoms with Crippen molar-refractivity contribution in [1.82, 2.24) is 0 Å². The maximum Gasteiger partial charge on any atom is 0.0467 e. The van der Waals surface area contributed by atoms with Gasteiger partial charge in [-0.25, -0.2) is 0 Å². The van der Waals surface area contributed by atoms with Crippen molar-refractivity contribution in [3.8, 4) is 55.6 Å². The summed E-state index contributed by atoms with van der Waals surface area (Å²) in [5, 5.41) is 2.62. The second-order valence-corrected chi connectivity index (χ2v) is 15.1. The third-order valence-corrected chi connectivity index (χ3v) is 12.0. The molecule has 56 heavy (non-hydrogen) atoms. The first-order valence-electron chi connectivity index (χ1n) is 19.1. The minimum Gasteiger partial charge on any atom is -0.310 e. The van der Waals surface area contributed by atoms with E-state index < -0.39 is 0 Å². The molecule has 264 valence electrons. The monoisotopic (exact) mass is 731 g/mol. The number of hydrogen-bond donors (Lipinski definition) is 0. The van der Waals surface area contributed by atoms with Gasteiger partial charge in [0.05, 0.1) is 0 Å². The molecule has 0 amide bonds. The van der Waals surface area contributed by atoms with Gasteiger partial charge in [-0.1, -0.05) is 182 Å². The third kappa shape index (κ3) is 6.36. The summed E-state index contributed by atoms with van der Waals surface area (Å²) >= 11 is 1.90. The SMILES string of the molecule is c1ccc(-c2ccc(N(c3ccc(-c4cccc(-c5cccc6c5sc5c(-c7ccccc7)cccc56)c4)cc3)c3cccc(-c4ccccc4)c3)cc2)cc1. The van der Waals surface area contributed by atoms with Crippen molar-refractivity contribution in [2.24, 2.45) is 0 Å². The summed E-state index contributed by atoms with van der Waals surface area (Å²) in [7, 11) is 0. The van der Waals surface area contributed by atoms with Gasteiger partial charge in [0.1, 0.15) is 0 Å². The van der Waals surface area contributed by atoms with Crippen molar-refractivity contribution >= 4 is 48.6 Å². The van der Waals surface area contributed by atoms with Crippen molar-refractivity contribution in [1.29, 1.82) is 0 Å². The number of benzene rings is 9. The Morgan fingerprint density at radius 1 is 0.250 bits per heavy atom. The van der Waals surface area contributed by atoms with Crippen molar-refractivity contribution in [2.45, 2.75) is 0 Å². The first-order valence-corrected chi connectivity index (χ1v) is 19.9. The van der Waals surface area contributed by atoms with Crippen LogP contribution in [0, 0.1) is 0 Å². The Hall–Kier alpha value is -7.00. The van der Waals surface area contributed by atoms with Crippen molar-refractivity contribution in [2.75, 3.05) is 4.90 Å². The van der Waals surface area contributed by atoms with E-state index in [0.717, 1.165) is 17.1 Å². The molecule has 1 aromatic heterocycles. The highest BCUT2D eigenvalue weighted by atomic mass is 32.1. The number of anilines is 3. The van der Waals surface area contributed by atoms with Crippen molar-refractivity contribution in [3.63, 3.8) is 0 Å². The van der Waals surface area contributed by atoms with Crippen LogP contribution < -0.4 is 4.90 Å². The summed E-state index contributed by atoms with van der Waals surface area (Å²) in [5.41, 5.74) is 15.5. The fourth-order valence-corrected chi connectivity index (χ4v) is 9.27. The van der Waals surface area contributed by atoms with E-state index in [1.54, 1.807) is 0 Å². The minimum absolute atomic E-state index is 1.10. The second kappa shape index (κ2) is 14.7. The Bertz CT molecular complexity index is 2930. The molecule has 0 atom stereocenters. The molecular weight excluding hydrogens is 695 g/mol. The highest BCUT2D eigenvalue weighted by Crippen LogP contribution is 2.44. The van der Waals surface area contributed by atoms with Gasteiger partial charge in [-0.05, 0) is 98.1 Å². The van der Waals surface area contributed by atoms with Crippen LogP contribution in [-0.2, 0) is 0 Å². The van der Waals surface area contributed by atoms with Crippen LogP contribution in [0.1, 0.15) is 0 Å². The van der Waals surface area contributed by atoms with Crippen LogP contribution in [0.2, 0.25) is 0 Å². The lowest BCUT2D eigenvalue weighted by Gasteiger charge is -2.26. The molecule has 0 N–H and O–H groups in total. The number of nitrogens with zero attached hydrogens (tertiary/aromatic N) is 1. The van der Waals surface area contributed by atoms with Crippen LogP contribution in [0.25, 0.3) is 75.8 Å². The number of hydrogen-bond acceptors (Lipinski definition) is 2. The molecule has 0 aliphatic rings. The Labute approximate surface area is 332 Å². The van der Waals surface area contributed by atoms with E-state index in [2.05, 4.69) is 229 Å². The maximum atomic E-state index is 2.35. The van der Waals surface area contributed by atoms with Crippen LogP contribution in [0.4, 0.5) is 17.1 Å². The topological polar surface area (TPSA) is 3.24 Å². The van der Waals surface area contributed by atoms with Gasteiger partial charge >= 0.3 is 0 Å². The molecule has 0 radical (unpaired) electrons. The molecule has 2 heteroatoms. The Morgan fingerprint density at radius 2 is 0.643 bits per heavy atom. The summed E-state index contributed by atoms with van der Waals surface area (Å²) in [4.78, 5) is 2.35. The van der Waals surface area contributed by atoms with Gasteiger partial charge in [-0.15, -0.1) is 11.3 Å². The summed E-state index contributed by atoms with van der Waals surface area (Å²) in [5.74, 6) is 0. The van der Waals surface area contributed by atoms with Gasteiger partial charge in [-0.2, -0.15) is 0 Å². The molecule has 0 saturated heterocycles. The Balaban J connectivity index is 1.02. The van der Waals surface area contributed by atoms with Crippen LogP contribution in [-0.4, -0.2) is 0 Å². The van der Waals surface area contributed by atoms with Gasteiger partial charge in [0.2, 0.25) is 0 Å². The average molecular weight is 732 g/mol. The molecule has 10 aromatic rings. The van der Waals surface area contributed by atoms with Gasteiger partial charge in [0.15, 0.2) is 0 Å². The number of rotatable bonds is 8. The van der Waals surface area contributed by atoms with Crippen molar-refractivity contribution in [3.05, 3.63) is 224 Å². The molecule has 0 bridgehead atoms. The zero-order valence-electron chi connectivity index (χ0n) is 30.7. The van der Waals surface area contributed by atoms with E-state index >= 15 is 0 Å². The average Bonchev–Trinajstić information content (AvgIpc) is 3.67. The van der Waals surface area contributed by atoms with Gasteiger partial charge < -0.3 is 4.90 Å². The maximum absolute atomic E-state index is 2.35. The molecule has 0 fully saturated rings. The summed E-state index contributed by atoms with van der Waals surface area (Å²) in [6, 6.07) is 81.1. The normalized spacial score (nSPS) is 11.2. The predicted molar refractivity (Wildman–Crippen MR) is 241 cm³/mol. The van der Waals surface area contributed by atoms with E-state index in [4.69, 9.17) is 0 Å². The van der Waals surface area contributed by atoms with Crippen LogP contribution in [0.15, 0.2) is 224 Å². The van der Waals surface area contributed by atoms with E-state index in [1.165, 1.54) is 75.8 Å².